The number of nitrogens with one attached hydrogen (secondary N) is 1. The van der Waals surface area contributed by atoms with Gasteiger partial charge in [-0.3, -0.25) is 4.79 Å². The minimum absolute atomic E-state index is 0.231. The minimum Gasteiger partial charge on any atom is -0.493 e. The summed E-state index contributed by atoms with van der Waals surface area (Å²) in [7, 11) is 3.65. The van der Waals surface area contributed by atoms with Gasteiger partial charge in [0.1, 0.15) is 5.82 Å². The molecule has 1 aromatic heterocycles. The highest BCUT2D eigenvalue weighted by Gasteiger charge is 2.19. The Morgan fingerprint density at radius 2 is 2.03 bits per heavy atom. The predicted octanol–water partition coefficient (Wildman–Crippen LogP) is 3.21. The number of aromatic nitrogens is 1. The Bertz CT molecular complexity index is 869. The molecule has 162 valence electrons. The molecule has 0 aliphatic carbocycles. The SMILES string of the molecule is CCCOc1c(Cl)cc(C(=O)NCc2cccnc2N2CCN(C)CC2)cc1OC. The number of amides is 1. The van der Waals surface area contributed by atoms with Gasteiger partial charge in [0.25, 0.3) is 5.91 Å². The highest BCUT2D eigenvalue weighted by Crippen LogP contribution is 2.36. The fraction of sp³-hybridized carbons (Fsp3) is 0.455. The van der Waals surface area contributed by atoms with Crippen molar-refractivity contribution in [1.29, 1.82) is 0 Å². The average Bonchev–Trinajstić information content (AvgIpc) is 2.77. The van der Waals surface area contributed by atoms with Crippen molar-refractivity contribution >= 4 is 23.3 Å². The van der Waals surface area contributed by atoms with E-state index < -0.39 is 0 Å². The fourth-order valence-corrected chi connectivity index (χ4v) is 3.61. The Labute approximate surface area is 182 Å². The van der Waals surface area contributed by atoms with E-state index in [4.69, 9.17) is 21.1 Å². The number of methoxy groups -OCH3 is 1. The van der Waals surface area contributed by atoms with Gasteiger partial charge in [-0.1, -0.05) is 24.6 Å². The number of benzene rings is 1. The molecular weight excluding hydrogens is 404 g/mol. The van der Waals surface area contributed by atoms with Crippen LogP contribution in [-0.4, -0.2) is 62.7 Å². The topological polar surface area (TPSA) is 66.9 Å². The van der Waals surface area contributed by atoms with Gasteiger partial charge in [-0.25, -0.2) is 4.98 Å². The van der Waals surface area contributed by atoms with E-state index in [1.54, 1.807) is 18.3 Å². The van der Waals surface area contributed by atoms with Crippen molar-refractivity contribution in [3.05, 3.63) is 46.6 Å². The van der Waals surface area contributed by atoms with Gasteiger partial charge < -0.3 is 24.6 Å². The van der Waals surface area contributed by atoms with E-state index in [1.807, 2.05) is 19.1 Å². The number of carbonyl (C=O) groups is 1. The summed E-state index contributed by atoms with van der Waals surface area (Å²) < 4.78 is 11.0. The summed E-state index contributed by atoms with van der Waals surface area (Å²) >= 11 is 6.34. The van der Waals surface area contributed by atoms with E-state index in [1.165, 1.54) is 7.11 Å². The maximum Gasteiger partial charge on any atom is 0.251 e. The summed E-state index contributed by atoms with van der Waals surface area (Å²) in [6.07, 6.45) is 2.64. The van der Waals surface area contributed by atoms with Crippen LogP contribution >= 0.6 is 11.6 Å². The summed E-state index contributed by atoms with van der Waals surface area (Å²) in [5.74, 6) is 1.60. The molecule has 8 heteroatoms. The first kappa shape index (κ1) is 22.2. The van der Waals surface area contributed by atoms with E-state index in [0.29, 0.717) is 35.2 Å². The third-order valence-corrected chi connectivity index (χ3v) is 5.33. The van der Waals surface area contributed by atoms with Crippen LogP contribution in [0, 0.1) is 0 Å². The first-order valence-corrected chi connectivity index (χ1v) is 10.6. The monoisotopic (exact) mass is 432 g/mol. The molecule has 0 spiro atoms. The summed E-state index contributed by atoms with van der Waals surface area (Å²) in [5.41, 5.74) is 1.40. The van der Waals surface area contributed by atoms with Crippen LogP contribution in [0.15, 0.2) is 30.5 Å². The Kier molecular flexibility index (Phi) is 7.76. The molecule has 1 N–H and O–H groups in total. The number of likely N-dealkylation sites (N-methyl/N-ethyl adjacent to an activating group) is 1. The molecule has 2 aromatic rings. The summed E-state index contributed by atoms with van der Waals surface area (Å²) in [4.78, 5) is 21.9. The van der Waals surface area contributed by atoms with E-state index >= 15 is 0 Å². The predicted molar refractivity (Wildman–Crippen MR) is 119 cm³/mol. The number of ether oxygens (including phenoxy) is 2. The van der Waals surface area contributed by atoms with E-state index in [0.717, 1.165) is 44.0 Å². The Morgan fingerprint density at radius 1 is 1.27 bits per heavy atom. The van der Waals surface area contributed by atoms with Gasteiger partial charge in [-0.05, 0) is 31.7 Å². The van der Waals surface area contributed by atoms with Crippen molar-refractivity contribution < 1.29 is 14.3 Å². The van der Waals surface area contributed by atoms with Gasteiger partial charge in [0.2, 0.25) is 0 Å². The summed E-state index contributed by atoms with van der Waals surface area (Å²) in [6.45, 7) is 6.73. The second kappa shape index (κ2) is 10.5. The second-order valence-electron chi connectivity index (χ2n) is 7.30. The molecule has 30 heavy (non-hydrogen) atoms. The van der Waals surface area contributed by atoms with Gasteiger partial charge in [0.15, 0.2) is 11.5 Å². The lowest BCUT2D eigenvalue weighted by molar-refractivity contribution is 0.0950. The Morgan fingerprint density at radius 3 is 2.73 bits per heavy atom. The van der Waals surface area contributed by atoms with Crippen molar-refractivity contribution in [3.8, 4) is 11.5 Å². The fourth-order valence-electron chi connectivity index (χ4n) is 3.34. The van der Waals surface area contributed by atoms with Crippen LogP contribution in [0.4, 0.5) is 5.82 Å². The standard InChI is InChI=1S/C22H29ClN4O3/c1-4-12-30-20-18(23)13-17(14-19(20)29-3)22(28)25-15-16-6-5-7-24-21(16)27-10-8-26(2)9-11-27/h5-7,13-14H,4,8-12,15H2,1-3H3,(H,25,28). The Hall–Kier alpha value is -2.51. The van der Waals surface area contributed by atoms with Crippen LogP contribution in [0.3, 0.4) is 0 Å². The number of rotatable bonds is 8. The van der Waals surface area contributed by atoms with Gasteiger partial charge in [-0.2, -0.15) is 0 Å². The average molecular weight is 433 g/mol. The van der Waals surface area contributed by atoms with E-state index in [9.17, 15) is 4.79 Å². The lowest BCUT2D eigenvalue weighted by Crippen LogP contribution is -2.45. The summed E-state index contributed by atoms with van der Waals surface area (Å²) in [5, 5.41) is 3.33. The van der Waals surface area contributed by atoms with Crippen LogP contribution in [-0.2, 0) is 6.54 Å². The zero-order valence-corrected chi connectivity index (χ0v) is 18.5. The number of piperazine rings is 1. The number of hydrogen-bond donors (Lipinski definition) is 1. The smallest absolute Gasteiger partial charge is 0.251 e. The highest BCUT2D eigenvalue weighted by atomic mass is 35.5. The number of halogens is 1. The summed E-state index contributed by atoms with van der Waals surface area (Å²) in [6, 6.07) is 7.14. The molecule has 0 radical (unpaired) electrons. The first-order chi connectivity index (χ1) is 14.5. The number of pyridine rings is 1. The minimum atomic E-state index is -0.231. The van der Waals surface area contributed by atoms with E-state index in [-0.39, 0.29) is 5.91 Å². The molecule has 0 saturated carbocycles. The molecule has 7 nitrogen and oxygen atoms in total. The first-order valence-electron chi connectivity index (χ1n) is 10.2. The third kappa shape index (κ3) is 5.34. The normalized spacial score (nSPS) is 14.5. The van der Waals surface area contributed by atoms with Crippen molar-refractivity contribution in [3.63, 3.8) is 0 Å². The molecule has 1 aliphatic heterocycles. The zero-order valence-electron chi connectivity index (χ0n) is 17.8. The van der Waals surface area contributed by atoms with E-state index in [2.05, 4.69) is 27.1 Å². The largest absolute Gasteiger partial charge is 0.493 e. The lowest BCUT2D eigenvalue weighted by Gasteiger charge is -2.34. The molecular formula is C22H29ClN4O3. The quantitative estimate of drug-likeness (QED) is 0.690. The molecule has 1 aliphatic rings. The number of carbonyl (C=O) groups excluding carboxylic acids is 1. The van der Waals surface area contributed by atoms with Gasteiger partial charge >= 0.3 is 0 Å². The molecule has 1 saturated heterocycles. The van der Waals surface area contributed by atoms with Gasteiger partial charge in [-0.15, -0.1) is 0 Å². The van der Waals surface area contributed by atoms with Crippen molar-refractivity contribution in [2.45, 2.75) is 19.9 Å². The van der Waals surface area contributed by atoms with Crippen LogP contribution in [0.2, 0.25) is 5.02 Å². The Balaban J connectivity index is 1.71. The maximum atomic E-state index is 12.8. The van der Waals surface area contributed by atoms with Crippen LogP contribution < -0.4 is 19.7 Å². The van der Waals surface area contributed by atoms with Crippen molar-refractivity contribution in [2.75, 3.05) is 51.8 Å². The molecule has 0 bridgehead atoms. The zero-order chi connectivity index (χ0) is 21.5. The van der Waals surface area contributed by atoms with Crippen LogP contribution in [0.5, 0.6) is 11.5 Å². The number of nitrogens with zero attached hydrogens (tertiary/aromatic N) is 3. The van der Waals surface area contributed by atoms with Crippen molar-refractivity contribution in [1.82, 2.24) is 15.2 Å². The van der Waals surface area contributed by atoms with Crippen LogP contribution in [0.25, 0.3) is 0 Å². The molecule has 3 rings (SSSR count). The molecule has 1 amide bonds. The van der Waals surface area contributed by atoms with Gasteiger partial charge in [0.05, 0.1) is 18.7 Å². The molecule has 2 heterocycles. The van der Waals surface area contributed by atoms with Gasteiger partial charge in [0, 0.05) is 50.0 Å². The number of anilines is 1. The highest BCUT2D eigenvalue weighted by molar-refractivity contribution is 6.32. The lowest BCUT2D eigenvalue weighted by atomic mass is 10.1. The molecule has 1 fully saturated rings. The molecule has 0 atom stereocenters. The van der Waals surface area contributed by atoms with Crippen LogP contribution in [0.1, 0.15) is 29.3 Å². The van der Waals surface area contributed by atoms with Crippen molar-refractivity contribution in [2.24, 2.45) is 0 Å². The molecule has 1 aromatic carbocycles. The maximum absolute atomic E-state index is 12.8. The number of hydrogen-bond acceptors (Lipinski definition) is 6. The third-order valence-electron chi connectivity index (χ3n) is 5.05. The second-order valence-corrected chi connectivity index (χ2v) is 7.70. The molecule has 0 unspecified atom stereocenters.